The van der Waals surface area contributed by atoms with Crippen molar-refractivity contribution in [2.45, 2.75) is 19.4 Å². The molecule has 0 N–H and O–H groups in total. The molecule has 1 aromatic heterocycles. The van der Waals surface area contributed by atoms with Crippen LogP contribution in [0, 0.1) is 12.7 Å². The van der Waals surface area contributed by atoms with E-state index in [0.717, 1.165) is 30.1 Å². The van der Waals surface area contributed by atoms with Crippen LogP contribution in [0.4, 0.5) is 15.8 Å². The Hall–Kier alpha value is -2.48. The van der Waals surface area contributed by atoms with E-state index in [1.165, 1.54) is 22.3 Å². The summed E-state index contributed by atoms with van der Waals surface area (Å²) in [5, 5.41) is 1.40. The molecule has 2 heterocycles. The van der Waals surface area contributed by atoms with Gasteiger partial charge in [-0.25, -0.2) is 9.37 Å². The normalized spacial score (nSPS) is 16.1. The van der Waals surface area contributed by atoms with Gasteiger partial charge in [0.25, 0.3) is 5.91 Å². The highest BCUT2D eigenvalue weighted by Crippen LogP contribution is 2.32. The van der Waals surface area contributed by atoms with Crippen LogP contribution in [0.25, 0.3) is 10.6 Å². The number of likely N-dealkylation sites (N-methyl/N-ethyl adjacent to an activating group) is 1. The molecule has 0 aliphatic carbocycles. The predicted octanol–water partition coefficient (Wildman–Crippen LogP) is 5.57. The first kappa shape index (κ1) is 22.7. The number of aryl methyl sites for hydroxylation is 1. The van der Waals surface area contributed by atoms with E-state index in [1.54, 1.807) is 31.3 Å². The third-order valence-electron chi connectivity index (χ3n) is 5.94. The summed E-state index contributed by atoms with van der Waals surface area (Å²) in [5.41, 5.74) is 2.65. The van der Waals surface area contributed by atoms with Crippen LogP contribution in [0.3, 0.4) is 0 Å². The smallest absolute Gasteiger partial charge is 0.270 e. The van der Waals surface area contributed by atoms with Crippen molar-refractivity contribution in [3.8, 4) is 10.6 Å². The van der Waals surface area contributed by atoms with Crippen LogP contribution in [0.15, 0.2) is 42.5 Å². The van der Waals surface area contributed by atoms with Gasteiger partial charge in [0.2, 0.25) is 0 Å². The maximum Gasteiger partial charge on any atom is 0.270 e. The van der Waals surface area contributed by atoms with Gasteiger partial charge in [0.1, 0.15) is 15.7 Å². The van der Waals surface area contributed by atoms with E-state index >= 15 is 0 Å². The second-order valence-corrected chi connectivity index (χ2v) is 9.73. The summed E-state index contributed by atoms with van der Waals surface area (Å²) in [5.74, 6) is -0.523. The monoisotopic (exact) mass is 474 g/mol. The highest BCUT2D eigenvalue weighted by atomic mass is 35.5. The molecule has 5 nitrogen and oxygen atoms in total. The Morgan fingerprint density at radius 1 is 1.22 bits per heavy atom. The average molecular weight is 475 g/mol. The van der Waals surface area contributed by atoms with Gasteiger partial charge in [-0.05, 0) is 57.8 Å². The van der Waals surface area contributed by atoms with Crippen LogP contribution in [0.2, 0.25) is 5.02 Å². The predicted molar refractivity (Wildman–Crippen MR) is 133 cm³/mol. The Bertz CT molecular complexity index is 1140. The number of rotatable bonds is 5. The zero-order valence-corrected chi connectivity index (χ0v) is 20.2. The second-order valence-electron chi connectivity index (χ2n) is 8.29. The zero-order valence-electron chi connectivity index (χ0n) is 18.6. The van der Waals surface area contributed by atoms with Gasteiger partial charge >= 0.3 is 0 Å². The number of halogens is 2. The number of aromatic nitrogens is 1. The molecule has 32 heavy (non-hydrogen) atoms. The zero-order chi connectivity index (χ0) is 23.0. The van der Waals surface area contributed by atoms with Gasteiger partial charge in [0, 0.05) is 43.9 Å². The number of hydrogen-bond acceptors (Lipinski definition) is 5. The summed E-state index contributed by atoms with van der Waals surface area (Å²) in [6, 6.07) is 12.8. The number of carbonyl (C=O) groups excluding carboxylic acids is 1. The summed E-state index contributed by atoms with van der Waals surface area (Å²) in [4.78, 5) is 24.0. The van der Waals surface area contributed by atoms with Crippen molar-refractivity contribution in [3.05, 3.63) is 63.9 Å². The number of thiazole rings is 1. The van der Waals surface area contributed by atoms with Crippen molar-refractivity contribution < 1.29 is 10.6 Å². The van der Waals surface area contributed by atoms with Crippen LogP contribution in [-0.2, 0) is 0 Å². The lowest BCUT2D eigenvalue weighted by Crippen LogP contribution is -2.31. The van der Waals surface area contributed by atoms with Crippen molar-refractivity contribution in [2.24, 2.45) is 0 Å². The quantitative estimate of drug-likeness (QED) is 0.484. The Morgan fingerprint density at radius 2 is 1.94 bits per heavy atom. The molecule has 1 amide bonds. The second kappa shape index (κ2) is 9.17. The summed E-state index contributed by atoms with van der Waals surface area (Å²) < 4.78 is 15.0. The molecule has 8 heteroatoms. The molecule has 1 fully saturated rings. The van der Waals surface area contributed by atoms with Crippen LogP contribution in [-0.4, -0.2) is 56.1 Å². The Balaban J connectivity index is 0.00000306. The first-order valence-electron chi connectivity index (χ1n) is 10.5. The minimum atomic E-state index is -0.315. The third kappa shape index (κ3) is 4.51. The SMILES string of the molecule is Cc1nc(-c2ccc(Cl)cc2)sc1C(=O)N(C)c1ccc(N2CCC(N(C)C)C2)c(F)c1.[HH]. The molecule has 4 rings (SSSR count). The Morgan fingerprint density at radius 3 is 2.56 bits per heavy atom. The molecule has 0 radical (unpaired) electrons. The van der Waals surface area contributed by atoms with E-state index in [9.17, 15) is 9.18 Å². The molecule has 1 aliphatic heterocycles. The van der Waals surface area contributed by atoms with Crippen molar-refractivity contribution in [3.63, 3.8) is 0 Å². The molecule has 0 saturated carbocycles. The molecule has 1 atom stereocenters. The van der Waals surface area contributed by atoms with E-state index in [-0.39, 0.29) is 13.2 Å². The largest absolute Gasteiger partial charge is 0.368 e. The minimum absolute atomic E-state index is 0. The maximum atomic E-state index is 15.0. The lowest BCUT2D eigenvalue weighted by atomic mass is 10.2. The van der Waals surface area contributed by atoms with Crippen molar-refractivity contribution in [1.82, 2.24) is 9.88 Å². The minimum Gasteiger partial charge on any atom is -0.368 e. The number of benzene rings is 2. The first-order chi connectivity index (χ1) is 15.2. The van der Waals surface area contributed by atoms with E-state index in [4.69, 9.17) is 11.6 Å². The Kier molecular flexibility index (Phi) is 6.51. The molecular weight excluding hydrogens is 447 g/mol. The Labute approximate surface area is 198 Å². The fourth-order valence-electron chi connectivity index (χ4n) is 3.92. The number of carbonyl (C=O) groups is 1. The molecule has 1 unspecified atom stereocenters. The number of amides is 1. The summed E-state index contributed by atoms with van der Waals surface area (Å²) in [7, 11) is 5.76. The molecule has 170 valence electrons. The fourth-order valence-corrected chi connectivity index (χ4v) is 5.10. The van der Waals surface area contributed by atoms with E-state index in [1.807, 2.05) is 33.2 Å². The number of hydrogen-bond donors (Lipinski definition) is 0. The summed E-state index contributed by atoms with van der Waals surface area (Å²) in [6.45, 7) is 3.43. The highest BCUT2D eigenvalue weighted by molar-refractivity contribution is 7.17. The highest BCUT2D eigenvalue weighted by Gasteiger charge is 2.27. The summed E-state index contributed by atoms with van der Waals surface area (Å²) in [6.07, 6.45) is 1.01. The van der Waals surface area contributed by atoms with Crippen LogP contribution < -0.4 is 9.80 Å². The fraction of sp³-hybridized carbons (Fsp3) is 0.333. The van der Waals surface area contributed by atoms with Crippen molar-refractivity contribution in [2.75, 3.05) is 44.0 Å². The molecule has 2 aromatic carbocycles. The van der Waals surface area contributed by atoms with Gasteiger partial charge in [0.15, 0.2) is 0 Å². The maximum absolute atomic E-state index is 15.0. The molecule has 0 bridgehead atoms. The van der Waals surface area contributed by atoms with Crippen LogP contribution in [0.5, 0.6) is 0 Å². The van der Waals surface area contributed by atoms with Crippen LogP contribution in [0.1, 0.15) is 23.2 Å². The van der Waals surface area contributed by atoms with Crippen molar-refractivity contribution in [1.29, 1.82) is 0 Å². The molecule has 1 aliphatic rings. The molecule has 1 saturated heterocycles. The topological polar surface area (TPSA) is 39.7 Å². The van der Waals surface area contributed by atoms with E-state index in [0.29, 0.717) is 33.0 Å². The van der Waals surface area contributed by atoms with Gasteiger partial charge in [-0.1, -0.05) is 23.7 Å². The van der Waals surface area contributed by atoms with E-state index in [2.05, 4.69) is 14.8 Å². The first-order valence-corrected chi connectivity index (χ1v) is 11.7. The lowest BCUT2D eigenvalue weighted by molar-refractivity contribution is 0.0996. The molecule has 3 aromatic rings. The lowest BCUT2D eigenvalue weighted by Gasteiger charge is -2.23. The van der Waals surface area contributed by atoms with Gasteiger partial charge in [-0.3, -0.25) is 4.79 Å². The molecule has 0 spiro atoms. The standard InChI is InChI=1S/C24H26ClFN4OS.H2/c1-15-22(32-23(27-15)16-5-7-17(25)8-6-16)24(31)29(4)18-9-10-21(20(26)13-18)30-12-11-19(14-30)28(2)3;/h5-10,13,19H,11-12,14H2,1-4H3;1H. The van der Waals surface area contributed by atoms with Crippen molar-refractivity contribution >= 4 is 40.2 Å². The number of anilines is 2. The molecular formula is C24H28ClFN4OS. The number of nitrogens with zero attached hydrogens (tertiary/aromatic N) is 4. The van der Waals surface area contributed by atoms with Gasteiger partial charge < -0.3 is 14.7 Å². The third-order valence-corrected chi connectivity index (χ3v) is 7.39. The van der Waals surface area contributed by atoms with Gasteiger partial charge in [0.05, 0.1) is 11.4 Å². The summed E-state index contributed by atoms with van der Waals surface area (Å²) >= 11 is 7.30. The van der Waals surface area contributed by atoms with Gasteiger partial charge in [-0.15, -0.1) is 11.3 Å². The van der Waals surface area contributed by atoms with Crippen LogP contribution >= 0.6 is 22.9 Å². The van der Waals surface area contributed by atoms with Gasteiger partial charge in [-0.2, -0.15) is 0 Å². The average Bonchev–Trinajstić information content (AvgIpc) is 3.40. The van der Waals surface area contributed by atoms with E-state index < -0.39 is 0 Å².